The molecule has 1 saturated heterocycles. The van der Waals surface area contributed by atoms with E-state index in [2.05, 4.69) is 36.9 Å². The lowest BCUT2D eigenvalue weighted by Gasteiger charge is -2.26. The molecule has 37 heavy (non-hydrogen) atoms. The minimum absolute atomic E-state index is 0.135. The number of carbonyl (C=O) groups is 1. The van der Waals surface area contributed by atoms with Gasteiger partial charge >= 0.3 is 0 Å². The lowest BCUT2D eigenvalue weighted by molar-refractivity contribution is 0.0751. The Kier molecular flexibility index (Phi) is 10.0. The van der Waals surface area contributed by atoms with Gasteiger partial charge in [0.1, 0.15) is 5.75 Å². The molecule has 0 aliphatic carbocycles. The fraction of sp³-hybridized carbons (Fsp3) is 0.548. The van der Waals surface area contributed by atoms with Gasteiger partial charge in [-0.1, -0.05) is 33.1 Å². The number of hydrogen-bond acceptors (Lipinski definition) is 4. The second kappa shape index (κ2) is 13.6. The Morgan fingerprint density at radius 3 is 2.32 bits per heavy atom. The first-order valence-electron chi connectivity index (χ1n) is 14.3. The number of piperidine rings is 1. The Morgan fingerprint density at radius 1 is 0.973 bits per heavy atom. The predicted molar refractivity (Wildman–Crippen MR) is 152 cm³/mol. The zero-order valence-corrected chi connectivity index (χ0v) is 23.0. The summed E-state index contributed by atoms with van der Waals surface area (Å²) >= 11 is 0. The number of ether oxygens (including phenoxy) is 1. The number of benzene rings is 1. The van der Waals surface area contributed by atoms with E-state index < -0.39 is 0 Å². The predicted octanol–water partition coefficient (Wildman–Crippen LogP) is 6.47. The number of aryl methyl sites for hydroxylation is 1. The highest BCUT2D eigenvalue weighted by molar-refractivity contribution is 5.95. The van der Waals surface area contributed by atoms with Crippen LogP contribution in [0.15, 0.2) is 42.6 Å². The first kappa shape index (κ1) is 27.2. The highest BCUT2D eigenvalue weighted by Gasteiger charge is 2.20. The first-order valence-corrected chi connectivity index (χ1v) is 14.3. The summed E-state index contributed by atoms with van der Waals surface area (Å²) in [6.45, 7) is 9.53. The molecule has 0 N–H and O–H groups in total. The number of methoxy groups -OCH3 is 1. The molecule has 0 radical (unpaired) electrons. The summed E-state index contributed by atoms with van der Waals surface area (Å²) < 4.78 is 7.33. The van der Waals surface area contributed by atoms with Crippen molar-refractivity contribution in [1.29, 1.82) is 0 Å². The van der Waals surface area contributed by atoms with Crippen LogP contribution in [0.25, 0.3) is 16.8 Å². The monoisotopic (exact) mass is 504 g/mol. The number of amides is 1. The number of aromatic nitrogens is 2. The smallest absolute Gasteiger partial charge is 0.253 e. The fourth-order valence-corrected chi connectivity index (χ4v) is 5.31. The Hall–Kier alpha value is -2.86. The average Bonchev–Trinajstić information content (AvgIpc) is 3.31. The van der Waals surface area contributed by atoms with E-state index >= 15 is 0 Å². The number of hydrogen-bond donors (Lipinski definition) is 0. The number of unbranched alkanes of at least 4 members (excludes halogenated alkanes) is 2. The molecule has 6 heteroatoms. The van der Waals surface area contributed by atoms with Crippen LogP contribution in [-0.2, 0) is 6.42 Å². The van der Waals surface area contributed by atoms with Crippen LogP contribution in [0.1, 0.15) is 81.1 Å². The molecule has 1 amide bonds. The summed E-state index contributed by atoms with van der Waals surface area (Å²) in [4.78, 5) is 18.2. The van der Waals surface area contributed by atoms with E-state index in [1.54, 1.807) is 7.11 Å². The molecular weight excluding hydrogens is 460 g/mol. The maximum Gasteiger partial charge on any atom is 0.253 e. The largest absolute Gasteiger partial charge is 0.497 e. The van der Waals surface area contributed by atoms with E-state index in [-0.39, 0.29) is 5.91 Å². The van der Waals surface area contributed by atoms with E-state index in [1.807, 2.05) is 33.8 Å². The summed E-state index contributed by atoms with van der Waals surface area (Å²) in [5, 5.41) is 4.99. The highest BCUT2D eigenvalue weighted by atomic mass is 16.5. The van der Waals surface area contributed by atoms with Crippen LogP contribution >= 0.6 is 0 Å². The highest BCUT2D eigenvalue weighted by Crippen LogP contribution is 2.30. The van der Waals surface area contributed by atoms with Crippen molar-refractivity contribution < 1.29 is 9.53 Å². The second-order valence-electron chi connectivity index (χ2n) is 10.3. The molecule has 4 rings (SSSR count). The molecule has 1 aromatic carbocycles. The average molecular weight is 505 g/mol. The summed E-state index contributed by atoms with van der Waals surface area (Å²) in [7, 11) is 1.69. The van der Waals surface area contributed by atoms with Crippen LogP contribution < -0.4 is 4.74 Å². The van der Waals surface area contributed by atoms with Crippen molar-refractivity contribution in [2.45, 2.75) is 71.6 Å². The molecule has 0 spiro atoms. The van der Waals surface area contributed by atoms with Crippen molar-refractivity contribution in [2.24, 2.45) is 0 Å². The number of likely N-dealkylation sites (tertiary alicyclic amines) is 1. The van der Waals surface area contributed by atoms with E-state index in [1.165, 1.54) is 37.9 Å². The Balaban J connectivity index is 1.65. The molecule has 2 aromatic heterocycles. The van der Waals surface area contributed by atoms with Crippen molar-refractivity contribution in [1.82, 2.24) is 19.4 Å². The van der Waals surface area contributed by atoms with E-state index in [4.69, 9.17) is 9.84 Å². The summed E-state index contributed by atoms with van der Waals surface area (Å²) in [5.41, 5.74) is 5.11. The number of nitrogens with zero attached hydrogens (tertiary/aromatic N) is 4. The van der Waals surface area contributed by atoms with Gasteiger partial charge in [0.05, 0.1) is 18.3 Å². The van der Waals surface area contributed by atoms with Gasteiger partial charge in [0, 0.05) is 36.0 Å². The zero-order chi connectivity index (χ0) is 26.0. The van der Waals surface area contributed by atoms with Crippen molar-refractivity contribution in [3.63, 3.8) is 0 Å². The van der Waals surface area contributed by atoms with Gasteiger partial charge in [-0.3, -0.25) is 4.79 Å². The number of pyridine rings is 1. The Bertz CT molecular complexity index is 1120. The van der Waals surface area contributed by atoms with Gasteiger partial charge in [-0.15, -0.1) is 0 Å². The van der Waals surface area contributed by atoms with Gasteiger partial charge in [-0.25, -0.2) is 4.52 Å². The van der Waals surface area contributed by atoms with E-state index in [9.17, 15) is 4.79 Å². The van der Waals surface area contributed by atoms with Gasteiger partial charge in [-0.05, 0) is 94.6 Å². The molecule has 0 bridgehead atoms. The number of fused-ring (bicyclic) bond motifs is 1. The van der Waals surface area contributed by atoms with Crippen LogP contribution in [0.5, 0.6) is 5.75 Å². The summed E-state index contributed by atoms with van der Waals surface area (Å²) in [5.74, 6) is 0.974. The summed E-state index contributed by atoms with van der Waals surface area (Å²) in [6.07, 6.45) is 12.2. The lowest BCUT2D eigenvalue weighted by Crippen LogP contribution is -2.33. The van der Waals surface area contributed by atoms with Crippen LogP contribution in [-0.4, -0.2) is 65.2 Å². The molecule has 6 nitrogen and oxygen atoms in total. The normalized spacial score (nSPS) is 14.2. The van der Waals surface area contributed by atoms with Gasteiger partial charge in [-0.2, -0.15) is 5.10 Å². The number of carbonyl (C=O) groups excluding carboxylic acids is 1. The van der Waals surface area contributed by atoms with Crippen LogP contribution in [0.4, 0.5) is 0 Å². The molecule has 3 aromatic rings. The van der Waals surface area contributed by atoms with Crippen molar-refractivity contribution in [3.8, 4) is 17.0 Å². The second-order valence-corrected chi connectivity index (χ2v) is 10.3. The van der Waals surface area contributed by atoms with Crippen molar-refractivity contribution in [2.75, 3.05) is 39.8 Å². The van der Waals surface area contributed by atoms with Crippen molar-refractivity contribution in [3.05, 3.63) is 53.7 Å². The molecule has 200 valence electrons. The summed E-state index contributed by atoms with van der Waals surface area (Å²) in [6, 6.07) is 12.2. The molecular formula is C31H44N4O2. The molecule has 0 atom stereocenters. The van der Waals surface area contributed by atoms with Crippen LogP contribution in [0.3, 0.4) is 0 Å². The molecule has 0 unspecified atom stereocenters. The molecule has 1 aliphatic rings. The van der Waals surface area contributed by atoms with Gasteiger partial charge in [0.15, 0.2) is 0 Å². The molecule has 0 saturated carbocycles. The van der Waals surface area contributed by atoms with Gasteiger partial charge in [0.25, 0.3) is 5.91 Å². The SMILES string of the molecule is CCCCN(CCCC)C(=O)c1ccn2nc(-c3ccc(OC)cc3)c(CCCN3CCCCC3)c2c1. The Labute approximate surface area is 222 Å². The van der Waals surface area contributed by atoms with E-state index in [0.29, 0.717) is 0 Å². The minimum atomic E-state index is 0.135. The maximum absolute atomic E-state index is 13.6. The van der Waals surface area contributed by atoms with Crippen LogP contribution in [0.2, 0.25) is 0 Å². The third kappa shape index (κ3) is 6.92. The minimum Gasteiger partial charge on any atom is -0.497 e. The number of rotatable bonds is 13. The topological polar surface area (TPSA) is 50.1 Å². The maximum atomic E-state index is 13.6. The fourth-order valence-electron chi connectivity index (χ4n) is 5.31. The van der Waals surface area contributed by atoms with Gasteiger partial charge < -0.3 is 14.5 Å². The Morgan fingerprint density at radius 2 is 1.68 bits per heavy atom. The zero-order valence-electron chi connectivity index (χ0n) is 23.0. The van der Waals surface area contributed by atoms with Crippen LogP contribution in [0, 0.1) is 0 Å². The molecule has 1 fully saturated rings. The standard InChI is InChI=1S/C31H44N4O2/c1-4-6-21-34(22-7-5-2)31(36)26-17-23-35-29(24-26)28(12-11-20-33-18-9-8-10-19-33)30(32-35)25-13-15-27(37-3)16-14-25/h13-17,23-24H,4-12,18-22H2,1-3H3. The van der Waals surface area contributed by atoms with E-state index in [0.717, 1.165) is 86.2 Å². The third-order valence-electron chi connectivity index (χ3n) is 7.55. The first-order chi connectivity index (χ1) is 18.1. The lowest BCUT2D eigenvalue weighted by atomic mass is 10.0. The quantitative estimate of drug-likeness (QED) is 0.268. The third-order valence-corrected chi connectivity index (χ3v) is 7.55. The molecule has 1 aliphatic heterocycles. The van der Waals surface area contributed by atoms with Gasteiger partial charge in [0.2, 0.25) is 0 Å². The molecule has 3 heterocycles. The van der Waals surface area contributed by atoms with Crippen molar-refractivity contribution >= 4 is 11.4 Å².